The molecule has 6 heteroatoms. The van der Waals surface area contributed by atoms with Crippen molar-refractivity contribution in [2.24, 2.45) is 13.0 Å². The summed E-state index contributed by atoms with van der Waals surface area (Å²) in [5.41, 5.74) is 3.84. The Labute approximate surface area is 112 Å². The van der Waals surface area contributed by atoms with Gasteiger partial charge in [-0.15, -0.1) is 0 Å². The first-order chi connectivity index (χ1) is 8.41. The quantitative estimate of drug-likeness (QED) is 0.659. The van der Waals surface area contributed by atoms with Crippen LogP contribution in [0.3, 0.4) is 0 Å². The molecule has 0 saturated carbocycles. The van der Waals surface area contributed by atoms with Gasteiger partial charge >= 0.3 is 0 Å². The highest BCUT2D eigenvalue weighted by atomic mass is 35.5. The van der Waals surface area contributed by atoms with Crippen molar-refractivity contribution >= 4 is 23.6 Å². The number of hydrogen-bond acceptors (Lipinski definition) is 3. The topological polar surface area (TPSA) is 56.2 Å². The van der Waals surface area contributed by atoms with Crippen molar-refractivity contribution in [2.75, 3.05) is 6.61 Å². The number of nitrogens with one attached hydrogen (secondary N) is 1. The first kappa shape index (κ1) is 14.7. The van der Waals surface area contributed by atoms with Gasteiger partial charge < -0.3 is 0 Å². The fraction of sp³-hybridized carbons (Fsp3) is 0.500. The standard InChI is InChI=1S/C12H18ClN3O2/c1-8(2)7-18-15-11(17)6-5-10-9(3)14-16(4)12(10)13/h5-6,8H,7H2,1-4H3,(H,15,17)/b6-5+. The lowest BCUT2D eigenvalue weighted by molar-refractivity contribution is -0.129. The number of hydrogen-bond donors (Lipinski definition) is 1. The third-order valence-electron chi connectivity index (χ3n) is 2.19. The summed E-state index contributed by atoms with van der Waals surface area (Å²) < 4.78 is 1.56. The minimum absolute atomic E-state index is 0.324. The number of amides is 1. The van der Waals surface area contributed by atoms with Gasteiger partial charge in [0.2, 0.25) is 0 Å². The van der Waals surface area contributed by atoms with Crippen LogP contribution < -0.4 is 5.48 Å². The number of carbonyl (C=O) groups is 1. The maximum Gasteiger partial charge on any atom is 0.267 e. The highest BCUT2D eigenvalue weighted by Gasteiger charge is 2.08. The lowest BCUT2D eigenvalue weighted by Gasteiger charge is -2.05. The van der Waals surface area contributed by atoms with Crippen LogP contribution in [0.5, 0.6) is 0 Å². The molecular weight excluding hydrogens is 254 g/mol. The van der Waals surface area contributed by atoms with E-state index in [2.05, 4.69) is 10.6 Å². The molecule has 1 aromatic heterocycles. The van der Waals surface area contributed by atoms with Gasteiger partial charge in [0.15, 0.2) is 0 Å². The number of carbonyl (C=O) groups excluding carboxylic acids is 1. The van der Waals surface area contributed by atoms with Crippen LogP contribution in [-0.4, -0.2) is 22.3 Å². The molecule has 1 N–H and O–H groups in total. The van der Waals surface area contributed by atoms with E-state index in [1.54, 1.807) is 17.8 Å². The molecule has 100 valence electrons. The van der Waals surface area contributed by atoms with E-state index < -0.39 is 0 Å². The highest BCUT2D eigenvalue weighted by Crippen LogP contribution is 2.19. The average molecular weight is 272 g/mol. The first-order valence-electron chi connectivity index (χ1n) is 5.70. The van der Waals surface area contributed by atoms with Crippen LogP contribution in [0.1, 0.15) is 25.1 Å². The minimum atomic E-state index is -0.324. The Hall–Kier alpha value is -1.33. The minimum Gasteiger partial charge on any atom is -0.273 e. The molecule has 0 radical (unpaired) electrons. The molecule has 0 bridgehead atoms. The molecule has 1 rings (SSSR count). The van der Waals surface area contributed by atoms with Gasteiger partial charge in [0, 0.05) is 18.7 Å². The second kappa shape index (κ2) is 6.56. The van der Waals surface area contributed by atoms with Crippen LogP contribution >= 0.6 is 11.6 Å². The second-order valence-electron chi connectivity index (χ2n) is 4.42. The van der Waals surface area contributed by atoms with Gasteiger partial charge in [-0.2, -0.15) is 5.10 Å². The van der Waals surface area contributed by atoms with Crippen LogP contribution in [-0.2, 0) is 16.7 Å². The molecule has 0 aliphatic rings. The van der Waals surface area contributed by atoms with Gasteiger partial charge in [0.25, 0.3) is 5.91 Å². The lowest BCUT2D eigenvalue weighted by Crippen LogP contribution is -2.23. The van der Waals surface area contributed by atoms with Crippen LogP contribution in [0.15, 0.2) is 6.08 Å². The zero-order valence-electron chi connectivity index (χ0n) is 11.0. The summed E-state index contributed by atoms with van der Waals surface area (Å²) in [5.74, 6) is 0.0410. The molecule has 5 nitrogen and oxygen atoms in total. The van der Waals surface area contributed by atoms with Gasteiger partial charge in [-0.25, -0.2) is 5.48 Å². The van der Waals surface area contributed by atoms with Gasteiger partial charge in [-0.05, 0) is 18.9 Å². The van der Waals surface area contributed by atoms with E-state index in [9.17, 15) is 4.79 Å². The van der Waals surface area contributed by atoms with Gasteiger partial charge in [-0.3, -0.25) is 14.3 Å². The number of aryl methyl sites for hydroxylation is 2. The van der Waals surface area contributed by atoms with E-state index >= 15 is 0 Å². The summed E-state index contributed by atoms with van der Waals surface area (Å²) >= 11 is 6.03. The average Bonchev–Trinajstić information content (AvgIpc) is 2.50. The number of halogens is 1. The fourth-order valence-electron chi connectivity index (χ4n) is 1.31. The molecule has 1 heterocycles. The molecule has 0 aliphatic heterocycles. The summed E-state index contributed by atoms with van der Waals surface area (Å²) in [6.45, 7) is 6.31. The summed E-state index contributed by atoms with van der Waals surface area (Å²) in [6.07, 6.45) is 2.99. The molecule has 1 aromatic rings. The zero-order chi connectivity index (χ0) is 13.7. The van der Waals surface area contributed by atoms with Crippen LogP contribution in [0.25, 0.3) is 6.08 Å². The largest absolute Gasteiger partial charge is 0.273 e. The van der Waals surface area contributed by atoms with E-state index in [-0.39, 0.29) is 5.91 Å². The normalized spacial score (nSPS) is 11.4. The summed E-state index contributed by atoms with van der Waals surface area (Å²) in [7, 11) is 1.75. The SMILES string of the molecule is Cc1nn(C)c(Cl)c1/C=C/C(=O)NOCC(C)C. The summed E-state index contributed by atoms with van der Waals surface area (Å²) in [5, 5.41) is 4.64. The van der Waals surface area contributed by atoms with Crippen molar-refractivity contribution in [3.8, 4) is 0 Å². The highest BCUT2D eigenvalue weighted by molar-refractivity contribution is 6.31. The smallest absolute Gasteiger partial charge is 0.267 e. The Morgan fingerprint density at radius 1 is 1.61 bits per heavy atom. The maximum atomic E-state index is 11.4. The third kappa shape index (κ3) is 4.16. The molecule has 0 fully saturated rings. The monoisotopic (exact) mass is 271 g/mol. The van der Waals surface area contributed by atoms with Crippen molar-refractivity contribution in [2.45, 2.75) is 20.8 Å². The third-order valence-corrected chi connectivity index (χ3v) is 2.64. The van der Waals surface area contributed by atoms with E-state index in [4.69, 9.17) is 16.4 Å². The Morgan fingerprint density at radius 2 is 2.28 bits per heavy atom. The predicted molar refractivity (Wildman–Crippen MR) is 70.9 cm³/mol. The van der Waals surface area contributed by atoms with Crippen molar-refractivity contribution in [1.29, 1.82) is 0 Å². The van der Waals surface area contributed by atoms with E-state index in [1.807, 2.05) is 20.8 Å². The van der Waals surface area contributed by atoms with Crippen molar-refractivity contribution in [3.63, 3.8) is 0 Å². The van der Waals surface area contributed by atoms with Gasteiger partial charge in [0.05, 0.1) is 12.3 Å². The zero-order valence-corrected chi connectivity index (χ0v) is 11.8. The van der Waals surface area contributed by atoms with Crippen molar-refractivity contribution < 1.29 is 9.63 Å². The van der Waals surface area contributed by atoms with E-state index in [1.165, 1.54) is 6.08 Å². The van der Waals surface area contributed by atoms with Gasteiger partial charge in [-0.1, -0.05) is 25.4 Å². The summed E-state index contributed by atoms with van der Waals surface area (Å²) in [6, 6.07) is 0. The Kier molecular flexibility index (Phi) is 5.37. The van der Waals surface area contributed by atoms with Crippen LogP contribution in [0, 0.1) is 12.8 Å². The molecule has 0 unspecified atom stereocenters. The maximum absolute atomic E-state index is 11.4. The summed E-state index contributed by atoms with van der Waals surface area (Å²) in [4.78, 5) is 16.4. The predicted octanol–water partition coefficient (Wildman–Crippen LogP) is 2.10. The molecule has 0 atom stereocenters. The number of rotatable bonds is 5. The molecule has 1 amide bonds. The fourth-order valence-corrected chi connectivity index (χ4v) is 1.55. The molecular formula is C12H18ClN3O2. The van der Waals surface area contributed by atoms with Crippen molar-refractivity contribution in [1.82, 2.24) is 15.3 Å². The Bertz CT molecular complexity index is 452. The number of aromatic nitrogens is 2. The molecule has 18 heavy (non-hydrogen) atoms. The first-order valence-corrected chi connectivity index (χ1v) is 6.08. The van der Waals surface area contributed by atoms with Gasteiger partial charge in [0.1, 0.15) is 5.15 Å². The molecule has 0 aliphatic carbocycles. The van der Waals surface area contributed by atoms with Crippen LogP contribution in [0.2, 0.25) is 5.15 Å². The van der Waals surface area contributed by atoms with E-state index in [0.717, 1.165) is 11.3 Å². The lowest BCUT2D eigenvalue weighted by atomic mass is 10.2. The van der Waals surface area contributed by atoms with Crippen LogP contribution in [0.4, 0.5) is 0 Å². The number of nitrogens with zero attached hydrogens (tertiary/aromatic N) is 2. The Balaban J connectivity index is 2.56. The number of hydroxylamine groups is 1. The molecule has 0 spiro atoms. The van der Waals surface area contributed by atoms with Crippen molar-refractivity contribution in [3.05, 3.63) is 22.5 Å². The second-order valence-corrected chi connectivity index (χ2v) is 4.78. The molecule has 0 saturated heterocycles. The van der Waals surface area contributed by atoms with E-state index in [0.29, 0.717) is 17.7 Å². The molecule has 0 aromatic carbocycles. The Morgan fingerprint density at radius 3 is 2.78 bits per heavy atom.